The number of rotatable bonds is 2. The Morgan fingerprint density at radius 3 is 2.38 bits per heavy atom. The van der Waals surface area contributed by atoms with Gasteiger partial charge in [0.05, 0.1) is 5.60 Å². The molecule has 0 spiro atoms. The smallest absolute Gasteiger partial charge is 0.0742 e. The first-order valence-electron chi connectivity index (χ1n) is 6.56. The van der Waals surface area contributed by atoms with Crippen LogP contribution in [0.3, 0.4) is 0 Å². The Bertz CT molecular complexity index is 251. The molecule has 0 aliphatic heterocycles. The third kappa shape index (κ3) is 2.51. The van der Waals surface area contributed by atoms with Crippen LogP contribution in [0.1, 0.15) is 53.9 Å². The van der Waals surface area contributed by atoms with E-state index in [0.29, 0.717) is 11.8 Å². The summed E-state index contributed by atoms with van der Waals surface area (Å²) in [5, 5.41) is 11.0. The van der Waals surface area contributed by atoms with Gasteiger partial charge < -0.3 is 5.11 Å². The molecule has 0 unspecified atom stereocenters. The Hall–Kier alpha value is -0.300. The van der Waals surface area contributed by atoms with E-state index in [1.165, 1.54) is 6.42 Å². The van der Waals surface area contributed by atoms with Crippen LogP contribution in [0.5, 0.6) is 0 Å². The second-order valence-electron chi connectivity index (χ2n) is 6.82. The number of aliphatic hydroxyl groups is 1. The standard InChI is InChI=1S/C15H28O/c1-7-12(3)15(16)10-11(2)8-9-13(15)14(4,5)6/h7,11-13,16H,1,8-10H2,2-6H3/t11-,12-,13+,15-/m1/s1. The summed E-state index contributed by atoms with van der Waals surface area (Å²) >= 11 is 0. The molecule has 4 atom stereocenters. The van der Waals surface area contributed by atoms with Gasteiger partial charge in [0.2, 0.25) is 0 Å². The minimum absolute atomic E-state index is 0.173. The van der Waals surface area contributed by atoms with E-state index in [2.05, 4.69) is 41.2 Å². The van der Waals surface area contributed by atoms with Gasteiger partial charge in [0.25, 0.3) is 0 Å². The van der Waals surface area contributed by atoms with Crippen LogP contribution in [0.25, 0.3) is 0 Å². The first-order chi connectivity index (χ1) is 7.21. The molecule has 1 nitrogen and oxygen atoms in total. The predicted molar refractivity (Wildman–Crippen MR) is 70.3 cm³/mol. The predicted octanol–water partition coefficient (Wildman–Crippen LogP) is 4.02. The minimum Gasteiger partial charge on any atom is -0.389 e. The van der Waals surface area contributed by atoms with Crippen LogP contribution in [0.2, 0.25) is 0 Å². The van der Waals surface area contributed by atoms with Gasteiger partial charge in [-0.1, -0.05) is 47.1 Å². The van der Waals surface area contributed by atoms with E-state index in [4.69, 9.17) is 0 Å². The van der Waals surface area contributed by atoms with Crippen LogP contribution in [-0.4, -0.2) is 10.7 Å². The van der Waals surface area contributed by atoms with E-state index in [9.17, 15) is 5.11 Å². The Morgan fingerprint density at radius 2 is 1.94 bits per heavy atom. The summed E-state index contributed by atoms with van der Waals surface area (Å²) in [7, 11) is 0. The Kier molecular flexibility index (Phi) is 3.89. The van der Waals surface area contributed by atoms with Gasteiger partial charge in [0.1, 0.15) is 0 Å². The van der Waals surface area contributed by atoms with Gasteiger partial charge in [-0.15, -0.1) is 6.58 Å². The van der Waals surface area contributed by atoms with Crippen molar-refractivity contribution in [3.05, 3.63) is 12.7 Å². The zero-order valence-electron chi connectivity index (χ0n) is 11.6. The molecule has 1 heteroatoms. The van der Waals surface area contributed by atoms with Gasteiger partial charge in [-0.2, -0.15) is 0 Å². The van der Waals surface area contributed by atoms with E-state index >= 15 is 0 Å². The van der Waals surface area contributed by atoms with Crippen molar-refractivity contribution in [2.45, 2.75) is 59.5 Å². The zero-order valence-corrected chi connectivity index (χ0v) is 11.6. The first-order valence-corrected chi connectivity index (χ1v) is 6.56. The van der Waals surface area contributed by atoms with Crippen LogP contribution in [-0.2, 0) is 0 Å². The molecule has 0 bridgehead atoms. The van der Waals surface area contributed by atoms with Gasteiger partial charge in [0, 0.05) is 5.92 Å². The maximum absolute atomic E-state index is 11.0. The van der Waals surface area contributed by atoms with Crippen molar-refractivity contribution in [2.75, 3.05) is 0 Å². The second kappa shape index (κ2) is 4.52. The monoisotopic (exact) mass is 224 g/mol. The molecule has 0 amide bonds. The summed E-state index contributed by atoms with van der Waals surface area (Å²) in [5.74, 6) is 1.19. The summed E-state index contributed by atoms with van der Waals surface area (Å²) in [4.78, 5) is 0. The summed E-state index contributed by atoms with van der Waals surface area (Å²) in [5.41, 5.74) is -0.385. The quantitative estimate of drug-likeness (QED) is 0.702. The lowest BCUT2D eigenvalue weighted by atomic mass is 9.58. The van der Waals surface area contributed by atoms with Gasteiger partial charge in [0.15, 0.2) is 0 Å². The molecule has 0 saturated heterocycles. The zero-order chi connectivity index (χ0) is 12.6. The molecular formula is C15H28O. The maximum atomic E-state index is 11.0. The van der Waals surface area contributed by atoms with Gasteiger partial charge >= 0.3 is 0 Å². The first kappa shape index (κ1) is 13.8. The van der Waals surface area contributed by atoms with Gasteiger partial charge in [-0.3, -0.25) is 0 Å². The van der Waals surface area contributed by atoms with E-state index < -0.39 is 5.60 Å². The Morgan fingerprint density at radius 1 is 1.38 bits per heavy atom. The van der Waals surface area contributed by atoms with Crippen LogP contribution >= 0.6 is 0 Å². The normalized spacial score (nSPS) is 38.1. The van der Waals surface area contributed by atoms with Gasteiger partial charge in [-0.05, 0) is 30.1 Å². The summed E-state index contributed by atoms with van der Waals surface area (Å²) in [6.07, 6.45) is 5.21. The molecule has 0 aromatic rings. The van der Waals surface area contributed by atoms with Crippen molar-refractivity contribution in [1.29, 1.82) is 0 Å². The van der Waals surface area contributed by atoms with Crippen LogP contribution in [0, 0.1) is 23.2 Å². The van der Waals surface area contributed by atoms with E-state index in [-0.39, 0.29) is 11.3 Å². The van der Waals surface area contributed by atoms with E-state index in [0.717, 1.165) is 12.8 Å². The molecule has 94 valence electrons. The van der Waals surface area contributed by atoms with Crippen molar-refractivity contribution in [3.63, 3.8) is 0 Å². The SMILES string of the molecule is C=C[C@@H](C)[C@]1(O)C[C@H](C)CC[C@H]1C(C)(C)C. The van der Waals surface area contributed by atoms with E-state index in [1.54, 1.807) is 0 Å². The van der Waals surface area contributed by atoms with Crippen molar-refractivity contribution < 1.29 is 5.11 Å². The number of hydrogen-bond donors (Lipinski definition) is 1. The van der Waals surface area contributed by atoms with Crippen molar-refractivity contribution in [1.82, 2.24) is 0 Å². The van der Waals surface area contributed by atoms with Crippen molar-refractivity contribution >= 4 is 0 Å². The summed E-state index contributed by atoms with van der Waals surface area (Å²) < 4.78 is 0. The molecule has 1 rings (SSSR count). The largest absolute Gasteiger partial charge is 0.389 e. The molecule has 1 aliphatic carbocycles. The molecule has 0 heterocycles. The topological polar surface area (TPSA) is 20.2 Å². The summed E-state index contributed by atoms with van der Waals surface area (Å²) in [6.45, 7) is 14.9. The van der Waals surface area contributed by atoms with Gasteiger partial charge in [-0.25, -0.2) is 0 Å². The minimum atomic E-state index is -0.558. The lowest BCUT2D eigenvalue weighted by Gasteiger charge is -2.51. The van der Waals surface area contributed by atoms with Crippen molar-refractivity contribution in [2.24, 2.45) is 23.2 Å². The van der Waals surface area contributed by atoms with Crippen molar-refractivity contribution in [3.8, 4) is 0 Å². The fourth-order valence-corrected chi connectivity index (χ4v) is 3.39. The second-order valence-corrected chi connectivity index (χ2v) is 6.82. The highest BCUT2D eigenvalue weighted by molar-refractivity contribution is 5.04. The highest BCUT2D eigenvalue weighted by Gasteiger charge is 2.48. The average Bonchev–Trinajstić information content (AvgIpc) is 2.14. The molecule has 1 N–H and O–H groups in total. The molecule has 1 aliphatic rings. The van der Waals surface area contributed by atoms with Crippen LogP contribution < -0.4 is 0 Å². The third-order valence-corrected chi connectivity index (χ3v) is 4.41. The molecular weight excluding hydrogens is 196 g/mol. The molecule has 16 heavy (non-hydrogen) atoms. The lowest BCUT2D eigenvalue weighted by Crippen LogP contribution is -2.52. The van der Waals surface area contributed by atoms with Crippen LogP contribution in [0.4, 0.5) is 0 Å². The third-order valence-electron chi connectivity index (χ3n) is 4.41. The highest BCUT2D eigenvalue weighted by atomic mass is 16.3. The fourth-order valence-electron chi connectivity index (χ4n) is 3.39. The van der Waals surface area contributed by atoms with E-state index in [1.807, 2.05) is 6.08 Å². The Balaban J connectivity index is 3.01. The summed E-state index contributed by atoms with van der Waals surface area (Å²) in [6, 6.07) is 0. The van der Waals surface area contributed by atoms with Crippen LogP contribution in [0.15, 0.2) is 12.7 Å². The highest BCUT2D eigenvalue weighted by Crippen LogP contribution is 2.49. The molecule has 1 saturated carbocycles. The molecule has 0 aromatic heterocycles. The molecule has 0 radical (unpaired) electrons. The molecule has 1 fully saturated rings. The Labute approximate surface area is 101 Å². The number of hydrogen-bond acceptors (Lipinski definition) is 1. The average molecular weight is 224 g/mol. The lowest BCUT2D eigenvalue weighted by molar-refractivity contribution is -0.125. The maximum Gasteiger partial charge on any atom is 0.0742 e. The molecule has 0 aromatic carbocycles. The fraction of sp³-hybridized carbons (Fsp3) is 0.867.